The summed E-state index contributed by atoms with van der Waals surface area (Å²) in [6.45, 7) is 5.06. The summed E-state index contributed by atoms with van der Waals surface area (Å²) in [6.07, 6.45) is 1.93. The molecule has 21 heavy (non-hydrogen) atoms. The summed E-state index contributed by atoms with van der Waals surface area (Å²) in [5.74, 6) is 0. The van der Waals surface area contributed by atoms with Crippen LogP contribution in [-0.2, 0) is 13.0 Å². The average molecular weight is 368 g/mol. The zero-order valence-corrected chi connectivity index (χ0v) is 15.2. The maximum Gasteiger partial charge on any atom is 0.0798 e. The number of thiazole rings is 1. The largest absolute Gasteiger partial charge is 0.368 e. The Morgan fingerprint density at radius 2 is 2.19 bits per heavy atom. The van der Waals surface area contributed by atoms with Crippen molar-refractivity contribution in [3.05, 3.63) is 44.3 Å². The van der Waals surface area contributed by atoms with E-state index in [1.165, 1.54) is 16.1 Å². The number of nitrogens with zero attached hydrogens (tertiary/aromatic N) is 2. The number of anilines is 1. The minimum absolute atomic E-state index is 0.236. The van der Waals surface area contributed by atoms with Gasteiger partial charge in [-0.2, -0.15) is 0 Å². The fourth-order valence-electron chi connectivity index (χ4n) is 2.21. The molecule has 1 aromatic heterocycles. The third-order valence-corrected chi connectivity index (χ3v) is 5.23. The van der Waals surface area contributed by atoms with Crippen LogP contribution in [0.5, 0.6) is 0 Å². The van der Waals surface area contributed by atoms with Crippen LogP contribution in [0.25, 0.3) is 0 Å². The van der Waals surface area contributed by atoms with Gasteiger partial charge in [-0.3, -0.25) is 0 Å². The summed E-state index contributed by atoms with van der Waals surface area (Å²) < 4.78 is 1.12. The molecular weight excluding hydrogens is 346 g/mol. The Morgan fingerprint density at radius 1 is 1.43 bits per heavy atom. The molecule has 114 valence electrons. The lowest BCUT2D eigenvalue weighted by Gasteiger charge is -2.21. The topological polar surface area (TPSA) is 42.1 Å². The third kappa shape index (κ3) is 4.28. The van der Waals surface area contributed by atoms with Crippen molar-refractivity contribution in [3.8, 4) is 0 Å². The van der Waals surface area contributed by atoms with Gasteiger partial charge in [-0.05, 0) is 53.4 Å². The van der Waals surface area contributed by atoms with Gasteiger partial charge in [0.2, 0.25) is 0 Å². The number of aromatic nitrogens is 1. The molecule has 0 amide bonds. The smallest absolute Gasteiger partial charge is 0.0798 e. The molecule has 0 fully saturated rings. The highest BCUT2D eigenvalue weighted by molar-refractivity contribution is 9.10. The summed E-state index contributed by atoms with van der Waals surface area (Å²) in [5, 5.41) is 0. The highest BCUT2D eigenvalue weighted by Gasteiger charge is 2.11. The van der Waals surface area contributed by atoms with Crippen molar-refractivity contribution in [2.45, 2.75) is 39.3 Å². The summed E-state index contributed by atoms with van der Waals surface area (Å²) in [7, 11) is 2.11. The Morgan fingerprint density at radius 3 is 2.76 bits per heavy atom. The molecule has 0 saturated heterocycles. The van der Waals surface area contributed by atoms with Crippen molar-refractivity contribution in [3.63, 3.8) is 0 Å². The molecule has 1 unspecified atom stereocenters. The van der Waals surface area contributed by atoms with Crippen molar-refractivity contribution in [1.29, 1.82) is 0 Å². The van der Waals surface area contributed by atoms with Gasteiger partial charge in [0.15, 0.2) is 0 Å². The molecule has 2 aromatic rings. The van der Waals surface area contributed by atoms with Gasteiger partial charge in [0.1, 0.15) is 0 Å². The van der Waals surface area contributed by atoms with E-state index in [1.807, 2.05) is 5.51 Å². The zero-order chi connectivity index (χ0) is 15.4. The van der Waals surface area contributed by atoms with Crippen LogP contribution in [0.4, 0.5) is 5.69 Å². The van der Waals surface area contributed by atoms with Crippen molar-refractivity contribution in [2.24, 2.45) is 5.73 Å². The first-order valence-corrected chi connectivity index (χ1v) is 8.82. The maximum atomic E-state index is 6.03. The lowest BCUT2D eigenvalue weighted by Crippen LogP contribution is -2.21. The molecule has 0 aliphatic carbocycles. The second-order valence-electron chi connectivity index (χ2n) is 5.38. The normalized spacial score (nSPS) is 12.4. The predicted octanol–water partition coefficient (Wildman–Crippen LogP) is 4.13. The highest BCUT2D eigenvalue weighted by Crippen LogP contribution is 2.29. The van der Waals surface area contributed by atoms with E-state index in [1.54, 1.807) is 11.3 Å². The molecule has 2 N–H and O–H groups in total. The van der Waals surface area contributed by atoms with Crippen LogP contribution >= 0.6 is 27.3 Å². The van der Waals surface area contributed by atoms with Crippen LogP contribution in [-0.4, -0.2) is 18.1 Å². The van der Waals surface area contributed by atoms with Gasteiger partial charge in [0.05, 0.1) is 23.4 Å². The van der Waals surface area contributed by atoms with Crippen LogP contribution in [0, 0.1) is 6.92 Å². The van der Waals surface area contributed by atoms with Crippen LogP contribution in [0.3, 0.4) is 0 Å². The Kier molecular flexibility index (Phi) is 5.79. The molecule has 1 aromatic carbocycles. The Hall–Kier alpha value is -0.910. The van der Waals surface area contributed by atoms with Crippen molar-refractivity contribution >= 4 is 33.0 Å². The summed E-state index contributed by atoms with van der Waals surface area (Å²) in [4.78, 5) is 7.86. The molecule has 0 spiro atoms. The van der Waals surface area contributed by atoms with E-state index < -0.39 is 0 Å². The van der Waals surface area contributed by atoms with Crippen LogP contribution in [0.15, 0.2) is 28.2 Å². The molecule has 0 aliphatic heterocycles. The molecule has 5 heteroatoms. The fraction of sp³-hybridized carbons (Fsp3) is 0.438. The van der Waals surface area contributed by atoms with Gasteiger partial charge >= 0.3 is 0 Å². The van der Waals surface area contributed by atoms with Gasteiger partial charge in [0.25, 0.3) is 0 Å². The minimum Gasteiger partial charge on any atom is -0.368 e. The quantitative estimate of drug-likeness (QED) is 0.834. The predicted molar refractivity (Wildman–Crippen MR) is 95.1 cm³/mol. The third-order valence-electron chi connectivity index (χ3n) is 3.67. The van der Waals surface area contributed by atoms with E-state index in [9.17, 15) is 0 Å². The fourth-order valence-corrected chi connectivity index (χ4v) is 3.77. The summed E-state index contributed by atoms with van der Waals surface area (Å²) >= 11 is 5.40. The van der Waals surface area contributed by atoms with Gasteiger partial charge in [-0.15, -0.1) is 11.3 Å². The van der Waals surface area contributed by atoms with E-state index in [0.29, 0.717) is 0 Å². The first-order valence-electron chi connectivity index (χ1n) is 7.15. The SMILES string of the molecule is CCC(N)Cc1ccc(N(C)Cc2scnc2C)c(Br)c1. The Labute approximate surface area is 139 Å². The minimum atomic E-state index is 0.236. The number of rotatable bonds is 6. The first-order chi connectivity index (χ1) is 10.0. The van der Waals surface area contributed by atoms with E-state index in [2.05, 4.69) is 64.9 Å². The number of hydrogen-bond acceptors (Lipinski definition) is 4. The second-order valence-corrected chi connectivity index (χ2v) is 7.17. The van der Waals surface area contributed by atoms with E-state index in [0.717, 1.165) is 29.6 Å². The monoisotopic (exact) mass is 367 g/mol. The summed E-state index contributed by atoms with van der Waals surface area (Å²) in [5.41, 5.74) is 11.5. The molecular formula is C16H22BrN3S. The molecule has 1 atom stereocenters. The number of halogens is 1. The molecule has 1 heterocycles. The van der Waals surface area contributed by atoms with Crippen LogP contribution in [0.1, 0.15) is 29.5 Å². The number of hydrogen-bond donors (Lipinski definition) is 1. The number of aryl methyl sites for hydroxylation is 1. The molecule has 0 aliphatic rings. The molecule has 0 saturated carbocycles. The molecule has 3 nitrogen and oxygen atoms in total. The van der Waals surface area contributed by atoms with E-state index in [4.69, 9.17) is 5.73 Å². The van der Waals surface area contributed by atoms with Crippen molar-refractivity contribution in [1.82, 2.24) is 4.98 Å². The van der Waals surface area contributed by atoms with Gasteiger partial charge in [0, 0.05) is 22.4 Å². The van der Waals surface area contributed by atoms with Crippen molar-refractivity contribution < 1.29 is 0 Å². The van der Waals surface area contributed by atoms with E-state index >= 15 is 0 Å². The van der Waals surface area contributed by atoms with Crippen LogP contribution in [0.2, 0.25) is 0 Å². The van der Waals surface area contributed by atoms with Crippen molar-refractivity contribution in [2.75, 3.05) is 11.9 Å². The van der Waals surface area contributed by atoms with Gasteiger partial charge < -0.3 is 10.6 Å². The molecule has 2 rings (SSSR count). The Balaban J connectivity index is 2.11. The zero-order valence-electron chi connectivity index (χ0n) is 12.8. The highest BCUT2D eigenvalue weighted by atomic mass is 79.9. The number of benzene rings is 1. The summed E-state index contributed by atoms with van der Waals surface area (Å²) in [6, 6.07) is 6.75. The number of nitrogens with two attached hydrogens (primary N) is 1. The standard InChI is InChI=1S/C16H22BrN3S/c1-4-13(18)7-12-5-6-15(14(17)8-12)20(3)9-16-11(2)19-10-21-16/h5-6,8,10,13H,4,7,9,18H2,1-3H3. The van der Waals surface area contributed by atoms with Gasteiger partial charge in [-0.25, -0.2) is 4.98 Å². The Bertz CT molecular complexity index is 597. The lowest BCUT2D eigenvalue weighted by atomic mass is 10.0. The first kappa shape index (κ1) is 16.5. The lowest BCUT2D eigenvalue weighted by molar-refractivity contribution is 0.646. The van der Waals surface area contributed by atoms with E-state index in [-0.39, 0.29) is 6.04 Å². The average Bonchev–Trinajstić information content (AvgIpc) is 2.84. The maximum absolute atomic E-state index is 6.03. The molecule has 0 radical (unpaired) electrons. The van der Waals surface area contributed by atoms with Crippen LogP contribution < -0.4 is 10.6 Å². The van der Waals surface area contributed by atoms with Gasteiger partial charge in [-0.1, -0.05) is 13.0 Å². The molecule has 0 bridgehead atoms. The second kappa shape index (κ2) is 7.38.